The Morgan fingerprint density at radius 1 is 1.32 bits per heavy atom. The van der Waals surface area contributed by atoms with Crippen LogP contribution in [0.15, 0.2) is 27.1 Å². The van der Waals surface area contributed by atoms with E-state index in [1.54, 1.807) is 0 Å². The molecule has 0 bridgehead atoms. The zero-order chi connectivity index (χ0) is 14.0. The van der Waals surface area contributed by atoms with Crippen LogP contribution < -0.4 is 10.2 Å². The minimum Gasteiger partial charge on any atom is -0.364 e. The van der Waals surface area contributed by atoms with Crippen molar-refractivity contribution >= 4 is 37.5 Å². The fourth-order valence-corrected chi connectivity index (χ4v) is 4.18. The molecule has 2 unspecified atom stereocenters. The number of rotatable bonds is 3. The fraction of sp³-hybridized carbons (Fsp3) is 0.600. The van der Waals surface area contributed by atoms with Crippen LogP contribution in [0.25, 0.3) is 0 Å². The van der Waals surface area contributed by atoms with Crippen molar-refractivity contribution in [2.24, 2.45) is 5.92 Å². The number of nitrogens with one attached hydrogen (secondary N) is 1. The van der Waals surface area contributed by atoms with E-state index in [1.165, 1.54) is 21.1 Å². The summed E-state index contributed by atoms with van der Waals surface area (Å²) in [5.41, 5.74) is 1.29. The predicted octanol–water partition coefficient (Wildman–Crippen LogP) is 4.42. The van der Waals surface area contributed by atoms with Crippen molar-refractivity contribution < 1.29 is 0 Å². The molecule has 1 saturated heterocycles. The SMILES string of the molecule is CCC1CN(c2c(Br)cccc2Br)C(C(C)C)CN1. The van der Waals surface area contributed by atoms with Crippen molar-refractivity contribution in [3.05, 3.63) is 27.1 Å². The van der Waals surface area contributed by atoms with Gasteiger partial charge in [-0.05, 0) is 56.3 Å². The average Bonchev–Trinajstić information content (AvgIpc) is 2.38. The molecule has 19 heavy (non-hydrogen) atoms. The molecule has 2 nitrogen and oxygen atoms in total. The molecule has 1 aliphatic heterocycles. The van der Waals surface area contributed by atoms with Gasteiger partial charge in [0.2, 0.25) is 0 Å². The van der Waals surface area contributed by atoms with Gasteiger partial charge in [0.15, 0.2) is 0 Å². The van der Waals surface area contributed by atoms with Crippen LogP contribution in [0, 0.1) is 5.92 Å². The molecule has 1 fully saturated rings. The quantitative estimate of drug-likeness (QED) is 0.822. The van der Waals surface area contributed by atoms with Crippen LogP contribution >= 0.6 is 31.9 Å². The molecule has 1 aromatic rings. The largest absolute Gasteiger partial charge is 0.364 e. The second-order valence-corrected chi connectivity index (χ2v) is 7.26. The van der Waals surface area contributed by atoms with Crippen LogP contribution in [0.2, 0.25) is 0 Å². The molecule has 0 saturated carbocycles. The summed E-state index contributed by atoms with van der Waals surface area (Å²) in [4.78, 5) is 2.56. The van der Waals surface area contributed by atoms with Crippen LogP contribution in [-0.4, -0.2) is 25.2 Å². The molecule has 4 heteroatoms. The lowest BCUT2D eigenvalue weighted by atomic mass is 9.97. The summed E-state index contributed by atoms with van der Waals surface area (Å²) in [6.45, 7) is 8.98. The highest BCUT2D eigenvalue weighted by Crippen LogP contribution is 2.37. The topological polar surface area (TPSA) is 15.3 Å². The molecule has 0 aromatic heterocycles. The van der Waals surface area contributed by atoms with Gasteiger partial charge in [-0.1, -0.05) is 26.8 Å². The highest BCUT2D eigenvalue weighted by Gasteiger charge is 2.31. The Balaban J connectivity index is 2.36. The summed E-state index contributed by atoms with van der Waals surface area (Å²) in [6.07, 6.45) is 1.17. The maximum atomic E-state index is 3.71. The zero-order valence-corrected chi connectivity index (χ0v) is 15.0. The minimum absolute atomic E-state index is 0.540. The van der Waals surface area contributed by atoms with Crippen LogP contribution in [0.4, 0.5) is 5.69 Å². The highest BCUT2D eigenvalue weighted by atomic mass is 79.9. The van der Waals surface area contributed by atoms with Gasteiger partial charge in [0.1, 0.15) is 0 Å². The lowest BCUT2D eigenvalue weighted by Crippen LogP contribution is -2.58. The lowest BCUT2D eigenvalue weighted by molar-refractivity contribution is 0.333. The normalized spacial score (nSPS) is 24.0. The van der Waals surface area contributed by atoms with Gasteiger partial charge in [-0.15, -0.1) is 0 Å². The second kappa shape index (κ2) is 6.59. The van der Waals surface area contributed by atoms with E-state index < -0.39 is 0 Å². The molecule has 0 amide bonds. The number of piperazine rings is 1. The van der Waals surface area contributed by atoms with E-state index in [-0.39, 0.29) is 0 Å². The Kier molecular flexibility index (Phi) is 5.32. The van der Waals surface area contributed by atoms with Gasteiger partial charge in [0.25, 0.3) is 0 Å². The van der Waals surface area contributed by atoms with E-state index >= 15 is 0 Å². The van der Waals surface area contributed by atoms with E-state index in [2.05, 4.69) is 81.0 Å². The number of hydrogen-bond donors (Lipinski definition) is 1. The average molecular weight is 390 g/mol. The third-order valence-corrected chi connectivity index (χ3v) is 5.20. The summed E-state index contributed by atoms with van der Waals surface area (Å²) in [5, 5.41) is 3.67. The van der Waals surface area contributed by atoms with Crippen molar-refractivity contribution in [1.82, 2.24) is 5.32 Å². The van der Waals surface area contributed by atoms with Gasteiger partial charge in [-0.25, -0.2) is 0 Å². The van der Waals surface area contributed by atoms with Crippen LogP contribution in [0.3, 0.4) is 0 Å². The van der Waals surface area contributed by atoms with E-state index in [4.69, 9.17) is 0 Å². The zero-order valence-electron chi connectivity index (χ0n) is 11.8. The summed E-state index contributed by atoms with van der Waals surface area (Å²) in [5.74, 6) is 0.629. The molecule has 2 rings (SSSR count). The van der Waals surface area contributed by atoms with E-state index in [0.717, 1.165) is 13.1 Å². The third-order valence-electron chi connectivity index (χ3n) is 3.92. The molecule has 1 N–H and O–H groups in total. The Labute approximate surface area is 133 Å². The molecule has 106 valence electrons. The fourth-order valence-electron chi connectivity index (χ4n) is 2.72. The Bertz CT molecular complexity index is 414. The third kappa shape index (κ3) is 3.34. The van der Waals surface area contributed by atoms with Crippen LogP contribution in [-0.2, 0) is 0 Å². The Hall–Kier alpha value is -0.0600. The van der Waals surface area contributed by atoms with Crippen molar-refractivity contribution in [3.63, 3.8) is 0 Å². The standard InChI is InChI=1S/C15H22Br2N2/c1-4-11-9-19(14(8-18-11)10(2)3)15-12(16)6-5-7-13(15)17/h5-7,10-11,14,18H,4,8-9H2,1-3H3. The summed E-state index contributed by atoms with van der Waals surface area (Å²) < 4.78 is 2.34. The van der Waals surface area contributed by atoms with Crippen LogP contribution in [0.5, 0.6) is 0 Å². The number of para-hydroxylation sites is 1. The van der Waals surface area contributed by atoms with Gasteiger partial charge in [0.05, 0.1) is 5.69 Å². The van der Waals surface area contributed by atoms with Gasteiger partial charge in [-0.2, -0.15) is 0 Å². The van der Waals surface area contributed by atoms with Gasteiger partial charge in [-0.3, -0.25) is 0 Å². The monoisotopic (exact) mass is 388 g/mol. The number of anilines is 1. The summed E-state index contributed by atoms with van der Waals surface area (Å²) in [7, 11) is 0. The molecule has 2 atom stereocenters. The smallest absolute Gasteiger partial charge is 0.0658 e. The van der Waals surface area contributed by atoms with Crippen molar-refractivity contribution in [2.45, 2.75) is 39.3 Å². The van der Waals surface area contributed by atoms with E-state index in [0.29, 0.717) is 18.0 Å². The number of hydrogen-bond acceptors (Lipinski definition) is 2. The number of nitrogens with zero attached hydrogens (tertiary/aromatic N) is 1. The van der Waals surface area contributed by atoms with Crippen LogP contribution in [0.1, 0.15) is 27.2 Å². The molecule has 0 radical (unpaired) electrons. The Morgan fingerprint density at radius 2 is 1.95 bits per heavy atom. The molecular formula is C15H22Br2N2. The summed E-state index contributed by atoms with van der Waals surface area (Å²) in [6, 6.07) is 7.44. The maximum absolute atomic E-state index is 3.71. The molecule has 1 aromatic carbocycles. The molecule has 1 aliphatic rings. The first kappa shape index (κ1) is 15.3. The Morgan fingerprint density at radius 3 is 2.47 bits per heavy atom. The molecule has 0 spiro atoms. The lowest BCUT2D eigenvalue weighted by Gasteiger charge is -2.44. The van der Waals surface area contributed by atoms with E-state index in [1.807, 2.05) is 0 Å². The minimum atomic E-state index is 0.540. The first-order chi connectivity index (χ1) is 9.04. The van der Waals surface area contributed by atoms with Gasteiger partial charge < -0.3 is 10.2 Å². The predicted molar refractivity (Wildman–Crippen MR) is 89.9 cm³/mol. The number of benzene rings is 1. The second-order valence-electron chi connectivity index (χ2n) is 5.55. The van der Waals surface area contributed by atoms with Crippen molar-refractivity contribution in [2.75, 3.05) is 18.0 Å². The van der Waals surface area contributed by atoms with Crippen molar-refractivity contribution in [3.8, 4) is 0 Å². The summed E-state index contributed by atoms with van der Waals surface area (Å²) >= 11 is 7.42. The highest BCUT2D eigenvalue weighted by molar-refractivity contribution is 9.11. The van der Waals surface area contributed by atoms with Gasteiger partial charge >= 0.3 is 0 Å². The molecule has 1 heterocycles. The van der Waals surface area contributed by atoms with Gasteiger partial charge in [0, 0.05) is 34.1 Å². The van der Waals surface area contributed by atoms with Crippen molar-refractivity contribution in [1.29, 1.82) is 0 Å². The maximum Gasteiger partial charge on any atom is 0.0658 e. The molecule has 0 aliphatic carbocycles. The first-order valence-electron chi connectivity index (χ1n) is 6.98. The van der Waals surface area contributed by atoms with E-state index in [9.17, 15) is 0 Å². The molecular weight excluding hydrogens is 368 g/mol. The number of halogens is 2. The first-order valence-corrected chi connectivity index (χ1v) is 8.57.